The molecule has 5 aliphatic carbocycles. The Hall–Kier alpha value is -3.40. The number of carbonyl (C=O) groups excluding carboxylic acids is 4. The second kappa shape index (κ2) is 18.7. The summed E-state index contributed by atoms with van der Waals surface area (Å²) in [6.07, 6.45) is -0.106. The first-order valence-electron chi connectivity index (χ1n) is 25.2. The van der Waals surface area contributed by atoms with Crippen LogP contribution in [0.4, 0.5) is 0 Å². The van der Waals surface area contributed by atoms with Gasteiger partial charge in [0.15, 0.2) is 30.9 Å². The summed E-state index contributed by atoms with van der Waals surface area (Å²) in [7, 11) is 0. The highest BCUT2D eigenvalue weighted by Crippen LogP contribution is 2.76. The number of carbonyl (C=O) groups is 4. The van der Waals surface area contributed by atoms with E-state index in [0.717, 1.165) is 63.4 Å². The van der Waals surface area contributed by atoms with Gasteiger partial charge in [-0.2, -0.15) is 0 Å². The Bertz CT molecular complexity index is 2090. The molecule has 0 spiro atoms. The summed E-state index contributed by atoms with van der Waals surface area (Å²) in [4.78, 5) is 51.5. The Labute approximate surface area is 402 Å². The molecule has 0 amide bonds. The third-order valence-electron chi connectivity index (χ3n) is 18.8. The molecule has 2 aliphatic heterocycles. The first kappa shape index (κ1) is 51.0. The lowest BCUT2D eigenvalue weighted by molar-refractivity contribution is -0.365. The predicted molar refractivity (Wildman–Crippen MR) is 248 cm³/mol. The normalized spacial score (nSPS) is 43.7. The van der Waals surface area contributed by atoms with Gasteiger partial charge in [0.05, 0.1) is 24.2 Å². The van der Waals surface area contributed by atoms with Crippen LogP contribution in [0.25, 0.3) is 0 Å². The van der Waals surface area contributed by atoms with Gasteiger partial charge in [0.1, 0.15) is 24.9 Å². The molecular formula is C54H78O14. The van der Waals surface area contributed by atoms with Crippen molar-refractivity contribution in [2.75, 3.05) is 6.61 Å². The van der Waals surface area contributed by atoms with Gasteiger partial charge in [-0.25, -0.2) is 0 Å². The van der Waals surface area contributed by atoms with Crippen molar-refractivity contribution >= 4 is 23.9 Å². The number of hydrogen-bond donors (Lipinski definition) is 2. The second-order valence-electron chi connectivity index (χ2n) is 23.7. The number of aliphatic hydroxyl groups excluding tert-OH is 2. The lowest BCUT2D eigenvalue weighted by Gasteiger charge is -2.71. The van der Waals surface area contributed by atoms with Crippen molar-refractivity contribution in [3.63, 3.8) is 0 Å². The number of rotatable bonds is 10. The minimum Gasteiger partial charge on any atom is -0.460 e. The standard InChI is InChI=1S/C54H78O14/c1-30-42(64-31(2)55)44(65-32(3)56)45(66-33(4)57)47(63-30)68-43-41(59)37(58)29-61-46(43)67-40-20-21-51(9)38(50(40,7)8)19-22-53(11)39(51)18-17-35-36-27-49(5,6)23-25-54(36,26-24-52(35,53)10)48(60)62-28-34-15-13-12-14-16-34/h12-17,30,36-47,58-59H,18-29H2,1-11H3/t30-,36-,37-,38-,39+,40-,41-,42-,43+,44+,45+,46-,47-,51-,52+,53+,54-/m0/s1. The van der Waals surface area contributed by atoms with E-state index in [2.05, 4.69) is 54.5 Å². The number of fused-ring (bicyclic) bond motifs is 7. The van der Waals surface area contributed by atoms with Gasteiger partial charge in [-0.05, 0) is 122 Å². The predicted octanol–water partition coefficient (Wildman–Crippen LogP) is 7.92. The van der Waals surface area contributed by atoms with Crippen molar-refractivity contribution in [2.24, 2.45) is 50.2 Å². The van der Waals surface area contributed by atoms with Crippen molar-refractivity contribution < 1.29 is 67.3 Å². The zero-order valence-electron chi connectivity index (χ0n) is 42.2. The maximum atomic E-state index is 14.5. The van der Waals surface area contributed by atoms with Gasteiger partial charge >= 0.3 is 23.9 Å². The molecule has 1 aromatic rings. The fourth-order valence-corrected chi connectivity index (χ4v) is 15.1. The molecule has 7 aliphatic rings. The third-order valence-corrected chi connectivity index (χ3v) is 18.8. The van der Waals surface area contributed by atoms with Gasteiger partial charge in [0, 0.05) is 20.8 Å². The number of allylic oxidation sites excluding steroid dienone is 2. The van der Waals surface area contributed by atoms with Crippen molar-refractivity contribution in [2.45, 2.75) is 208 Å². The van der Waals surface area contributed by atoms with Crippen LogP contribution in [0.5, 0.6) is 0 Å². The van der Waals surface area contributed by atoms with E-state index in [4.69, 9.17) is 37.9 Å². The maximum absolute atomic E-state index is 14.5. The van der Waals surface area contributed by atoms with E-state index in [1.54, 1.807) is 6.92 Å². The second-order valence-corrected chi connectivity index (χ2v) is 23.7. The summed E-state index contributed by atoms with van der Waals surface area (Å²) in [5, 5.41) is 22.5. The topological polar surface area (TPSA) is 183 Å². The molecule has 2 saturated heterocycles. The van der Waals surface area contributed by atoms with Crippen LogP contribution in [-0.2, 0) is 63.7 Å². The van der Waals surface area contributed by atoms with Gasteiger partial charge in [0.2, 0.25) is 0 Å². The molecule has 1 aromatic carbocycles. The number of benzene rings is 1. The summed E-state index contributed by atoms with van der Waals surface area (Å²) >= 11 is 0. The van der Waals surface area contributed by atoms with Crippen LogP contribution in [0.3, 0.4) is 0 Å². The first-order valence-corrected chi connectivity index (χ1v) is 25.2. The SMILES string of the molecule is CC(=O)O[C@@H]1[C@@H](OC(C)=O)[C@H](C)O[C@@H](O[C@H]2[C@H](O[C@H]3CC[C@]4(C)[C@H]5CC=C6[C@@H]7CC(C)(C)CC[C@]7(C(=O)OCc7ccccc7)CC[C@@]6(C)[C@]5(C)CC[C@H]4C3(C)C)OC[C@H](O)[C@@H]2O)[C@@H]1OC(C)=O. The molecule has 0 unspecified atom stereocenters. The van der Waals surface area contributed by atoms with E-state index in [1.165, 1.54) is 26.3 Å². The number of ether oxygens (including phenoxy) is 8. The Balaban J connectivity index is 1.03. The van der Waals surface area contributed by atoms with Crippen molar-refractivity contribution in [1.82, 2.24) is 0 Å². The van der Waals surface area contributed by atoms with Gasteiger partial charge in [-0.1, -0.05) is 90.4 Å². The molecule has 68 heavy (non-hydrogen) atoms. The summed E-state index contributed by atoms with van der Waals surface area (Å²) in [6.45, 7) is 22.1. The summed E-state index contributed by atoms with van der Waals surface area (Å²) in [5.41, 5.74) is 1.59. The van der Waals surface area contributed by atoms with E-state index >= 15 is 0 Å². The Kier molecular flexibility index (Phi) is 14.0. The van der Waals surface area contributed by atoms with Gasteiger partial charge in [-0.3, -0.25) is 19.2 Å². The van der Waals surface area contributed by atoms with Crippen molar-refractivity contribution in [3.8, 4) is 0 Å². The average Bonchev–Trinajstić information content (AvgIpc) is 3.26. The molecule has 4 saturated carbocycles. The van der Waals surface area contributed by atoms with E-state index in [-0.39, 0.29) is 57.6 Å². The van der Waals surface area contributed by atoms with Crippen LogP contribution in [0.1, 0.15) is 146 Å². The lowest BCUT2D eigenvalue weighted by Crippen LogP contribution is -2.66. The van der Waals surface area contributed by atoms with Crippen LogP contribution in [0, 0.1) is 50.2 Å². The van der Waals surface area contributed by atoms with Gasteiger partial charge < -0.3 is 48.1 Å². The third kappa shape index (κ3) is 8.88. The minimum absolute atomic E-state index is 0.00644. The summed E-state index contributed by atoms with van der Waals surface area (Å²) in [5.74, 6) is -1.36. The Morgan fingerprint density at radius 3 is 2.04 bits per heavy atom. The number of hydrogen-bond acceptors (Lipinski definition) is 14. The average molecular weight is 951 g/mol. The summed E-state index contributed by atoms with van der Waals surface area (Å²) in [6, 6.07) is 9.99. The Morgan fingerprint density at radius 2 is 1.37 bits per heavy atom. The van der Waals surface area contributed by atoms with Gasteiger partial charge in [0.25, 0.3) is 0 Å². The zero-order valence-corrected chi connectivity index (χ0v) is 42.2. The molecule has 14 nitrogen and oxygen atoms in total. The van der Waals surface area contributed by atoms with Crippen LogP contribution in [0.2, 0.25) is 0 Å². The van der Waals surface area contributed by atoms with Gasteiger partial charge in [-0.15, -0.1) is 0 Å². The largest absolute Gasteiger partial charge is 0.460 e. The lowest BCUT2D eigenvalue weighted by atomic mass is 9.33. The van der Waals surface area contributed by atoms with Crippen LogP contribution < -0.4 is 0 Å². The molecule has 6 fully saturated rings. The minimum atomic E-state index is -1.49. The molecule has 2 heterocycles. The molecule has 2 N–H and O–H groups in total. The van der Waals surface area contributed by atoms with Crippen LogP contribution in [-0.4, -0.2) is 102 Å². The Morgan fingerprint density at radius 1 is 0.721 bits per heavy atom. The molecular weight excluding hydrogens is 873 g/mol. The maximum Gasteiger partial charge on any atom is 0.313 e. The number of aliphatic hydroxyl groups is 2. The van der Waals surface area contributed by atoms with Crippen molar-refractivity contribution in [1.29, 1.82) is 0 Å². The molecule has 0 aromatic heterocycles. The fourth-order valence-electron chi connectivity index (χ4n) is 15.1. The number of esters is 4. The van der Waals surface area contributed by atoms with E-state index in [9.17, 15) is 29.4 Å². The highest BCUT2D eigenvalue weighted by molar-refractivity contribution is 5.79. The monoisotopic (exact) mass is 951 g/mol. The molecule has 0 bridgehead atoms. The van der Waals surface area contributed by atoms with Crippen molar-refractivity contribution in [3.05, 3.63) is 47.5 Å². The molecule has 378 valence electrons. The molecule has 8 rings (SSSR count). The van der Waals surface area contributed by atoms with Crippen LogP contribution in [0.15, 0.2) is 42.0 Å². The zero-order chi connectivity index (χ0) is 49.4. The fraction of sp³-hybridized carbons (Fsp3) is 0.778. The first-order chi connectivity index (χ1) is 31.9. The molecule has 14 heteroatoms. The summed E-state index contributed by atoms with van der Waals surface area (Å²) < 4.78 is 48.7. The van der Waals surface area contributed by atoms with E-state index < -0.39 is 78.6 Å². The highest BCUT2D eigenvalue weighted by Gasteiger charge is 2.70. The molecule has 0 radical (unpaired) electrons. The smallest absolute Gasteiger partial charge is 0.313 e. The highest BCUT2D eigenvalue weighted by atomic mass is 16.8. The van der Waals surface area contributed by atoms with Crippen LogP contribution >= 0.6 is 0 Å². The van der Waals surface area contributed by atoms with E-state index in [1.807, 2.05) is 30.3 Å². The quantitative estimate of drug-likeness (QED) is 0.0999. The molecule has 17 atom stereocenters. The van der Waals surface area contributed by atoms with E-state index in [0.29, 0.717) is 18.9 Å².